The summed E-state index contributed by atoms with van der Waals surface area (Å²) in [5.74, 6) is 2.42. The SMILES string of the molecule is Cc1cccc(-c2cc(-c3cccc(-c4nc(-c5ccccc5)nc(-c5ccccc5)n4)c3)cc(-c3ccccc3C3=C\C=C\C(c4ccccc4)=N/C(c4cccc(-c5cccnc5)c4)=N\3)c2)n1. The van der Waals surface area contributed by atoms with Crippen LogP contribution in [0.25, 0.3) is 84.5 Å². The van der Waals surface area contributed by atoms with Gasteiger partial charge in [-0.15, -0.1) is 0 Å². The topological polar surface area (TPSA) is 89.2 Å². The van der Waals surface area contributed by atoms with Crippen LogP contribution in [0.2, 0.25) is 0 Å². The molecule has 10 aromatic rings. The Labute approximate surface area is 401 Å². The molecule has 3 aromatic heterocycles. The number of hydrogen-bond donors (Lipinski definition) is 0. The highest BCUT2D eigenvalue weighted by Gasteiger charge is 2.18. The van der Waals surface area contributed by atoms with Gasteiger partial charge in [0.05, 0.1) is 17.1 Å². The number of aryl methyl sites for hydroxylation is 1. The van der Waals surface area contributed by atoms with Crippen LogP contribution in [0.4, 0.5) is 0 Å². The molecule has 1 aliphatic rings. The number of nitrogens with zero attached hydrogens (tertiary/aromatic N) is 7. The molecule has 0 fully saturated rings. The van der Waals surface area contributed by atoms with Crippen LogP contribution >= 0.6 is 0 Å². The molecule has 11 rings (SSSR count). The van der Waals surface area contributed by atoms with E-state index in [-0.39, 0.29) is 0 Å². The first-order valence-corrected chi connectivity index (χ1v) is 22.9. The molecule has 7 nitrogen and oxygen atoms in total. The molecule has 1 aliphatic heterocycles. The summed E-state index contributed by atoms with van der Waals surface area (Å²) in [6.07, 6.45) is 9.85. The lowest BCUT2D eigenvalue weighted by Crippen LogP contribution is -2.07. The zero-order valence-corrected chi connectivity index (χ0v) is 37.7. The zero-order chi connectivity index (χ0) is 46.4. The molecule has 4 heterocycles. The van der Waals surface area contributed by atoms with Crippen molar-refractivity contribution in [3.05, 3.63) is 265 Å². The Kier molecular flexibility index (Phi) is 11.8. The van der Waals surface area contributed by atoms with E-state index in [1.165, 1.54) is 0 Å². The Hall–Kier alpha value is -9.33. The van der Waals surface area contributed by atoms with Gasteiger partial charge in [-0.05, 0) is 95.4 Å². The van der Waals surface area contributed by atoms with Crippen molar-refractivity contribution < 1.29 is 0 Å². The van der Waals surface area contributed by atoms with Gasteiger partial charge >= 0.3 is 0 Å². The summed E-state index contributed by atoms with van der Waals surface area (Å²) in [5, 5.41) is 0. The van der Waals surface area contributed by atoms with Crippen molar-refractivity contribution in [3.63, 3.8) is 0 Å². The minimum absolute atomic E-state index is 0.591. The molecular weight excluding hydrogens is 843 g/mol. The fraction of sp³-hybridized carbons (Fsp3) is 0.0161. The Morgan fingerprint density at radius 2 is 0.870 bits per heavy atom. The predicted molar refractivity (Wildman–Crippen MR) is 281 cm³/mol. The summed E-state index contributed by atoms with van der Waals surface area (Å²) in [5.41, 5.74) is 16.1. The summed E-state index contributed by atoms with van der Waals surface area (Å²) in [7, 11) is 0. The van der Waals surface area contributed by atoms with Gasteiger partial charge in [-0.3, -0.25) is 9.97 Å². The standard InChI is InChI=1S/C62H43N7/c1-42-18-13-32-57(64-42)53-39-51(47-26-15-28-49(37-47)62-68-59(44-21-7-3-8-22-44)67-60(69-62)45-23-9-4-10-24-45)38-52(40-53)54-30-11-12-31-55(54)58-34-16-33-56(43-19-5-2-6-20-43)65-61(66-58)48-27-14-25-46(36-48)50-29-17-35-63-41-50/h2-41H,1H3/b33-16+,34-16?,56-33?,58-34+,65-56+,65-61?,66-58?,66-61-. The molecular formula is C62H43N7. The van der Waals surface area contributed by atoms with Crippen LogP contribution < -0.4 is 0 Å². The third-order valence-electron chi connectivity index (χ3n) is 11.9. The lowest BCUT2D eigenvalue weighted by molar-refractivity contribution is 1.07. The van der Waals surface area contributed by atoms with Gasteiger partial charge in [0.25, 0.3) is 0 Å². The first-order chi connectivity index (χ1) is 34.1. The second-order valence-electron chi connectivity index (χ2n) is 16.7. The number of pyridine rings is 2. The van der Waals surface area contributed by atoms with E-state index in [2.05, 4.69) is 138 Å². The number of aliphatic imine (C=N–C) groups is 2. The summed E-state index contributed by atoms with van der Waals surface area (Å²) in [6.45, 7) is 2.03. The third kappa shape index (κ3) is 9.39. The van der Waals surface area contributed by atoms with Gasteiger partial charge in [-0.25, -0.2) is 24.9 Å². The van der Waals surface area contributed by atoms with E-state index in [0.717, 1.165) is 95.1 Å². The molecule has 0 bridgehead atoms. The van der Waals surface area contributed by atoms with Gasteiger partial charge in [-0.1, -0.05) is 170 Å². The van der Waals surface area contributed by atoms with E-state index in [1.807, 2.05) is 110 Å². The highest BCUT2D eigenvalue weighted by Crippen LogP contribution is 2.38. The average Bonchev–Trinajstić information content (AvgIpc) is 3.42. The Morgan fingerprint density at radius 3 is 1.55 bits per heavy atom. The Bertz CT molecular complexity index is 3540. The molecule has 0 atom stereocenters. The maximum absolute atomic E-state index is 5.44. The Balaban J connectivity index is 1.05. The van der Waals surface area contributed by atoms with Crippen molar-refractivity contribution in [2.24, 2.45) is 9.98 Å². The van der Waals surface area contributed by atoms with E-state index in [1.54, 1.807) is 6.20 Å². The number of rotatable bonds is 10. The molecule has 0 amide bonds. The summed E-state index contributed by atoms with van der Waals surface area (Å²) >= 11 is 0. The second kappa shape index (κ2) is 19.3. The van der Waals surface area contributed by atoms with Crippen LogP contribution in [0.5, 0.6) is 0 Å². The van der Waals surface area contributed by atoms with Crippen LogP contribution in [-0.2, 0) is 0 Å². The van der Waals surface area contributed by atoms with Crippen LogP contribution in [0.3, 0.4) is 0 Å². The molecule has 0 radical (unpaired) electrons. The van der Waals surface area contributed by atoms with Gasteiger partial charge in [0.15, 0.2) is 23.3 Å². The van der Waals surface area contributed by atoms with Crippen molar-refractivity contribution in [3.8, 4) is 78.8 Å². The molecule has 0 aliphatic carbocycles. The fourth-order valence-corrected chi connectivity index (χ4v) is 8.51. The highest BCUT2D eigenvalue weighted by atomic mass is 15.0. The summed E-state index contributed by atoms with van der Waals surface area (Å²) < 4.78 is 0. The minimum Gasteiger partial charge on any atom is -0.264 e. The second-order valence-corrected chi connectivity index (χ2v) is 16.7. The Morgan fingerprint density at radius 1 is 0.348 bits per heavy atom. The number of allylic oxidation sites excluding steroid dienone is 3. The van der Waals surface area contributed by atoms with Crippen LogP contribution in [-0.4, -0.2) is 36.5 Å². The van der Waals surface area contributed by atoms with Crippen molar-refractivity contribution in [1.82, 2.24) is 24.9 Å². The quantitative estimate of drug-likeness (QED) is 0.136. The maximum Gasteiger partial charge on any atom is 0.164 e. The molecule has 0 unspecified atom stereocenters. The molecule has 0 spiro atoms. The lowest BCUT2D eigenvalue weighted by Gasteiger charge is -2.16. The molecule has 0 N–H and O–H groups in total. The minimum atomic E-state index is 0.591. The number of amidine groups is 1. The third-order valence-corrected chi connectivity index (χ3v) is 11.9. The van der Waals surface area contributed by atoms with Crippen LogP contribution in [0, 0.1) is 6.92 Å². The normalized spacial score (nSPS) is 15.1. The van der Waals surface area contributed by atoms with E-state index in [0.29, 0.717) is 23.3 Å². The van der Waals surface area contributed by atoms with Gasteiger partial charge in [0.2, 0.25) is 0 Å². The zero-order valence-electron chi connectivity index (χ0n) is 37.7. The van der Waals surface area contributed by atoms with Crippen molar-refractivity contribution in [1.29, 1.82) is 0 Å². The lowest BCUT2D eigenvalue weighted by atomic mass is 9.91. The van der Waals surface area contributed by atoms with Crippen molar-refractivity contribution in [2.45, 2.75) is 6.92 Å². The molecule has 7 heteroatoms. The fourth-order valence-electron chi connectivity index (χ4n) is 8.51. The van der Waals surface area contributed by atoms with Crippen LogP contribution in [0.15, 0.2) is 253 Å². The number of aromatic nitrogens is 5. The van der Waals surface area contributed by atoms with Gasteiger partial charge < -0.3 is 0 Å². The maximum atomic E-state index is 5.44. The van der Waals surface area contributed by atoms with Crippen molar-refractivity contribution in [2.75, 3.05) is 0 Å². The first kappa shape index (κ1) is 42.3. The molecule has 326 valence electrons. The van der Waals surface area contributed by atoms with Crippen molar-refractivity contribution >= 4 is 17.2 Å². The van der Waals surface area contributed by atoms with E-state index >= 15 is 0 Å². The van der Waals surface area contributed by atoms with E-state index < -0.39 is 0 Å². The molecule has 0 saturated carbocycles. The monoisotopic (exact) mass is 885 g/mol. The smallest absolute Gasteiger partial charge is 0.164 e. The number of hydrogen-bond acceptors (Lipinski definition) is 7. The van der Waals surface area contributed by atoms with E-state index in [9.17, 15) is 0 Å². The summed E-state index contributed by atoms with van der Waals surface area (Å²) in [4.78, 5) is 35.2. The molecule has 69 heavy (non-hydrogen) atoms. The predicted octanol–water partition coefficient (Wildman–Crippen LogP) is 14.5. The van der Waals surface area contributed by atoms with Gasteiger partial charge in [0, 0.05) is 62.6 Å². The van der Waals surface area contributed by atoms with Gasteiger partial charge in [0.1, 0.15) is 0 Å². The van der Waals surface area contributed by atoms with Crippen LogP contribution in [0.1, 0.15) is 22.4 Å². The molecule has 7 aromatic carbocycles. The average molecular weight is 886 g/mol. The first-order valence-electron chi connectivity index (χ1n) is 22.9. The number of benzene rings is 7. The van der Waals surface area contributed by atoms with E-state index in [4.69, 9.17) is 29.9 Å². The summed E-state index contributed by atoms with van der Waals surface area (Å²) in [6, 6.07) is 72.4. The molecule has 0 saturated heterocycles. The van der Waals surface area contributed by atoms with Gasteiger partial charge in [-0.2, -0.15) is 0 Å². The highest BCUT2D eigenvalue weighted by molar-refractivity contribution is 6.18. The largest absolute Gasteiger partial charge is 0.264 e.